The standard InChI is InChI=1S/C22H21N5O4/c1-13-5-6-15(9-14(13)2)27-20-18(11-24-27)22(29)26(12-23-20)25-21(28)17-8-7-16(30-3)10-19(17)31-4/h5-12H,1-4H3,(H,25,28). The maximum atomic E-state index is 12.9. The molecule has 0 fully saturated rings. The van der Waals surface area contributed by atoms with Crippen LogP contribution in [0, 0.1) is 13.8 Å². The molecule has 9 nitrogen and oxygen atoms in total. The number of nitrogens with one attached hydrogen (secondary N) is 1. The van der Waals surface area contributed by atoms with Crippen molar-refractivity contribution in [3.8, 4) is 17.2 Å². The van der Waals surface area contributed by atoms with Crippen molar-refractivity contribution in [1.29, 1.82) is 0 Å². The van der Waals surface area contributed by atoms with E-state index in [4.69, 9.17) is 9.47 Å². The van der Waals surface area contributed by atoms with Gasteiger partial charge in [0.1, 0.15) is 23.2 Å². The molecule has 0 saturated heterocycles. The summed E-state index contributed by atoms with van der Waals surface area (Å²) in [6, 6.07) is 10.7. The summed E-state index contributed by atoms with van der Waals surface area (Å²) in [6.07, 6.45) is 2.70. The summed E-state index contributed by atoms with van der Waals surface area (Å²) in [4.78, 5) is 30.0. The van der Waals surface area contributed by atoms with E-state index >= 15 is 0 Å². The van der Waals surface area contributed by atoms with Crippen LogP contribution in [-0.2, 0) is 0 Å². The number of carbonyl (C=O) groups is 1. The Balaban J connectivity index is 1.69. The average Bonchev–Trinajstić information content (AvgIpc) is 3.22. The van der Waals surface area contributed by atoms with Crippen LogP contribution in [-0.4, -0.2) is 39.6 Å². The van der Waals surface area contributed by atoms with Gasteiger partial charge in [-0.05, 0) is 49.2 Å². The predicted octanol–water partition coefficient (Wildman–Crippen LogP) is 2.60. The van der Waals surface area contributed by atoms with Gasteiger partial charge >= 0.3 is 0 Å². The SMILES string of the molecule is COc1ccc(C(=O)Nn2cnc3c(cnn3-c3ccc(C)c(C)c3)c2=O)c(OC)c1. The average molecular weight is 419 g/mol. The third-order valence-electron chi connectivity index (χ3n) is 5.10. The van der Waals surface area contributed by atoms with Gasteiger partial charge in [-0.2, -0.15) is 5.10 Å². The number of aromatic nitrogens is 4. The predicted molar refractivity (Wildman–Crippen MR) is 116 cm³/mol. The zero-order valence-electron chi connectivity index (χ0n) is 17.5. The molecule has 0 spiro atoms. The minimum Gasteiger partial charge on any atom is -0.497 e. The number of hydrogen-bond donors (Lipinski definition) is 1. The number of hydrogen-bond acceptors (Lipinski definition) is 6. The van der Waals surface area contributed by atoms with Crippen LogP contribution < -0.4 is 20.5 Å². The molecule has 1 N–H and O–H groups in total. The highest BCUT2D eigenvalue weighted by Crippen LogP contribution is 2.24. The number of fused-ring (bicyclic) bond motifs is 1. The van der Waals surface area contributed by atoms with Gasteiger partial charge < -0.3 is 9.47 Å². The molecule has 4 rings (SSSR count). The van der Waals surface area contributed by atoms with E-state index in [0.717, 1.165) is 21.5 Å². The minimum atomic E-state index is -0.524. The fraction of sp³-hybridized carbons (Fsp3) is 0.182. The molecule has 4 aromatic rings. The number of carbonyl (C=O) groups excluding carboxylic acids is 1. The van der Waals surface area contributed by atoms with E-state index in [1.807, 2.05) is 32.0 Å². The van der Waals surface area contributed by atoms with Gasteiger partial charge in [-0.1, -0.05) is 6.07 Å². The number of ether oxygens (including phenoxy) is 2. The van der Waals surface area contributed by atoms with E-state index in [2.05, 4.69) is 15.5 Å². The quantitative estimate of drug-likeness (QED) is 0.534. The molecule has 0 unspecified atom stereocenters. The molecule has 0 bridgehead atoms. The molecular weight excluding hydrogens is 398 g/mol. The third-order valence-corrected chi connectivity index (χ3v) is 5.10. The van der Waals surface area contributed by atoms with E-state index in [0.29, 0.717) is 17.1 Å². The number of benzene rings is 2. The molecule has 0 aliphatic rings. The lowest BCUT2D eigenvalue weighted by Crippen LogP contribution is -2.33. The van der Waals surface area contributed by atoms with Crippen molar-refractivity contribution in [2.45, 2.75) is 13.8 Å². The first-order valence-electron chi connectivity index (χ1n) is 9.49. The van der Waals surface area contributed by atoms with Gasteiger partial charge in [0.05, 0.1) is 31.7 Å². The smallest absolute Gasteiger partial charge is 0.283 e. The van der Waals surface area contributed by atoms with Crippen LogP contribution in [0.4, 0.5) is 0 Å². The molecular formula is C22H21N5O4. The Kier molecular flexibility index (Phi) is 5.16. The van der Waals surface area contributed by atoms with Crippen LogP contribution in [0.1, 0.15) is 21.5 Å². The van der Waals surface area contributed by atoms with Crippen molar-refractivity contribution in [3.05, 3.63) is 76.0 Å². The zero-order chi connectivity index (χ0) is 22.1. The third kappa shape index (κ3) is 3.61. The lowest BCUT2D eigenvalue weighted by atomic mass is 10.1. The Morgan fingerprint density at radius 1 is 1.03 bits per heavy atom. The number of nitrogens with zero attached hydrogens (tertiary/aromatic N) is 4. The van der Waals surface area contributed by atoms with Gasteiger partial charge in [-0.15, -0.1) is 0 Å². The summed E-state index contributed by atoms with van der Waals surface area (Å²) in [5.74, 6) is 0.346. The van der Waals surface area contributed by atoms with E-state index in [9.17, 15) is 9.59 Å². The Morgan fingerprint density at radius 3 is 2.55 bits per heavy atom. The Bertz CT molecular complexity index is 1360. The molecule has 31 heavy (non-hydrogen) atoms. The number of aryl methyl sites for hydroxylation is 2. The number of methoxy groups -OCH3 is 2. The Morgan fingerprint density at radius 2 is 1.84 bits per heavy atom. The van der Waals surface area contributed by atoms with Gasteiger partial charge in [-0.25, -0.2) is 14.3 Å². The molecule has 2 aromatic carbocycles. The van der Waals surface area contributed by atoms with Crippen LogP contribution in [0.2, 0.25) is 0 Å². The van der Waals surface area contributed by atoms with E-state index in [1.54, 1.807) is 22.9 Å². The van der Waals surface area contributed by atoms with Crippen molar-refractivity contribution in [2.24, 2.45) is 0 Å². The molecule has 2 aromatic heterocycles. The Hall–Kier alpha value is -4.14. The first kappa shape index (κ1) is 20.1. The topological polar surface area (TPSA) is 100 Å². The summed E-state index contributed by atoms with van der Waals surface area (Å²) < 4.78 is 13.0. The molecule has 0 atom stereocenters. The van der Waals surface area contributed by atoms with Crippen molar-refractivity contribution in [3.63, 3.8) is 0 Å². The van der Waals surface area contributed by atoms with Crippen molar-refractivity contribution >= 4 is 16.9 Å². The number of amides is 1. The second-order valence-corrected chi connectivity index (χ2v) is 6.99. The molecule has 0 radical (unpaired) electrons. The van der Waals surface area contributed by atoms with Crippen LogP contribution in [0.5, 0.6) is 11.5 Å². The first-order valence-corrected chi connectivity index (χ1v) is 9.49. The van der Waals surface area contributed by atoms with Crippen LogP contribution in [0.25, 0.3) is 16.7 Å². The molecule has 0 aliphatic carbocycles. The second-order valence-electron chi connectivity index (χ2n) is 6.99. The maximum Gasteiger partial charge on any atom is 0.283 e. The summed E-state index contributed by atoms with van der Waals surface area (Å²) in [5.41, 5.74) is 5.82. The number of rotatable bonds is 5. The van der Waals surface area contributed by atoms with Gasteiger partial charge in [0, 0.05) is 6.07 Å². The Labute approximate surface area is 177 Å². The van der Waals surface area contributed by atoms with Gasteiger partial charge in [0.15, 0.2) is 5.65 Å². The van der Waals surface area contributed by atoms with Crippen LogP contribution in [0.15, 0.2) is 53.7 Å². The summed E-state index contributed by atoms with van der Waals surface area (Å²) in [5, 5.41) is 4.60. The van der Waals surface area contributed by atoms with E-state index in [-0.39, 0.29) is 10.9 Å². The van der Waals surface area contributed by atoms with Crippen molar-refractivity contribution in [1.82, 2.24) is 19.4 Å². The lowest BCUT2D eigenvalue weighted by Gasteiger charge is -2.12. The highest BCUT2D eigenvalue weighted by molar-refractivity contribution is 6.02. The van der Waals surface area contributed by atoms with Crippen molar-refractivity contribution < 1.29 is 14.3 Å². The van der Waals surface area contributed by atoms with Gasteiger partial charge in [0.25, 0.3) is 11.5 Å². The summed E-state index contributed by atoms with van der Waals surface area (Å²) in [7, 11) is 2.97. The van der Waals surface area contributed by atoms with E-state index < -0.39 is 11.5 Å². The first-order chi connectivity index (χ1) is 14.9. The fourth-order valence-corrected chi connectivity index (χ4v) is 3.19. The van der Waals surface area contributed by atoms with Gasteiger partial charge in [0.2, 0.25) is 0 Å². The zero-order valence-corrected chi connectivity index (χ0v) is 17.5. The maximum absolute atomic E-state index is 12.9. The highest BCUT2D eigenvalue weighted by Gasteiger charge is 2.17. The second kappa shape index (κ2) is 7.94. The van der Waals surface area contributed by atoms with Gasteiger partial charge in [-0.3, -0.25) is 15.0 Å². The molecule has 2 heterocycles. The molecule has 9 heteroatoms. The minimum absolute atomic E-state index is 0.251. The normalized spacial score (nSPS) is 10.8. The van der Waals surface area contributed by atoms with Crippen LogP contribution in [0.3, 0.4) is 0 Å². The largest absolute Gasteiger partial charge is 0.497 e. The molecule has 0 aliphatic heterocycles. The molecule has 0 saturated carbocycles. The monoisotopic (exact) mass is 419 g/mol. The summed E-state index contributed by atoms with van der Waals surface area (Å²) >= 11 is 0. The lowest BCUT2D eigenvalue weighted by molar-refractivity contribution is 0.100. The van der Waals surface area contributed by atoms with E-state index in [1.165, 1.54) is 26.7 Å². The highest BCUT2D eigenvalue weighted by atomic mass is 16.5. The molecule has 158 valence electrons. The van der Waals surface area contributed by atoms with Crippen LogP contribution >= 0.6 is 0 Å². The molecule has 1 amide bonds. The summed E-state index contributed by atoms with van der Waals surface area (Å²) in [6.45, 7) is 4.03. The van der Waals surface area contributed by atoms with Crippen molar-refractivity contribution in [2.75, 3.05) is 19.6 Å². The fourth-order valence-electron chi connectivity index (χ4n) is 3.19.